The van der Waals surface area contributed by atoms with Gasteiger partial charge in [-0.1, -0.05) is 6.07 Å². The number of carbonyl (C=O) groups excluding carboxylic acids is 1. The predicted octanol–water partition coefficient (Wildman–Crippen LogP) is 2.47. The zero-order chi connectivity index (χ0) is 16.1. The number of benzene rings is 1. The molecule has 0 radical (unpaired) electrons. The van der Waals surface area contributed by atoms with E-state index in [0.29, 0.717) is 13.0 Å². The lowest BCUT2D eigenvalue weighted by Gasteiger charge is -2.13. The first-order chi connectivity index (χ1) is 10.5. The quantitative estimate of drug-likeness (QED) is 0.891. The molecule has 2 rings (SSSR count). The molecule has 0 spiro atoms. The first-order valence-electron chi connectivity index (χ1n) is 7.23. The summed E-state index contributed by atoms with van der Waals surface area (Å²) in [6.45, 7) is 4.27. The zero-order valence-electron chi connectivity index (χ0n) is 13.1. The van der Waals surface area contributed by atoms with Gasteiger partial charge in [-0.05, 0) is 43.5 Å². The Kier molecular flexibility index (Phi) is 5.14. The van der Waals surface area contributed by atoms with Crippen LogP contribution in [-0.2, 0) is 13.5 Å². The SMILES string of the molecule is Cc1cc(F)ccc1CCNC(=O)NC(C)c1cnn(C)c1. The summed E-state index contributed by atoms with van der Waals surface area (Å²) < 4.78 is 14.7. The fourth-order valence-corrected chi connectivity index (χ4v) is 2.25. The molecule has 1 atom stereocenters. The van der Waals surface area contributed by atoms with Gasteiger partial charge in [0.1, 0.15) is 5.82 Å². The van der Waals surface area contributed by atoms with Crippen LogP contribution in [0.15, 0.2) is 30.6 Å². The van der Waals surface area contributed by atoms with Crippen LogP contribution in [0, 0.1) is 12.7 Å². The van der Waals surface area contributed by atoms with Crippen molar-refractivity contribution in [2.24, 2.45) is 7.05 Å². The first kappa shape index (κ1) is 16.0. The van der Waals surface area contributed by atoms with E-state index in [1.54, 1.807) is 16.9 Å². The number of aromatic nitrogens is 2. The van der Waals surface area contributed by atoms with Crippen LogP contribution in [0.5, 0.6) is 0 Å². The average Bonchev–Trinajstić information content (AvgIpc) is 2.88. The van der Waals surface area contributed by atoms with Crippen molar-refractivity contribution in [1.82, 2.24) is 20.4 Å². The monoisotopic (exact) mass is 304 g/mol. The minimum Gasteiger partial charge on any atom is -0.338 e. The highest BCUT2D eigenvalue weighted by molar-refractivity contribution is 5.74. The van der Waals surface area contributed by atoms with Crippen LogP contribution in [0.3, 0.4) is 0 Å². The van der Waals surface area contributed by atoms with Crippen molar-refractivity contribution in [2.75, 3.05) is 6.54 Å². The molecule has 1 aromatic carbocycles. The third kappa shape index (κ3) is 4.31. The largest absolute Gasteiger partial charge is 0.338 e. The van der Waals surface area contributed by atoms with Crippen molar-refractivity contribution < 1.29 is 9.18 Å². The Morgan fingerprint density at radius 3 is 2.86 bits per heavy atom. The molecule has 1 heterocycles. The number of hydrogen-bond acceptors (Lipinski definition) is 2. The van der Waals surface area contributed by atoms with E-state index < -0.39 is 0 Å². The second kappa shape index (κ2) is 7.06. The molecule has 0 bridgehead atoms. The summed E-state index contributed by atoms with van der Waals surface area (Å²) in [5, 5.41) is 9.74. The summed E-state index contributed by atoms with van der Waals surface area (Å²) in [5.41, 5.74) is 2.87. The number of hydrogen-bond donors (Lipinski definition) is 2. The lowest BCUT2D eigenvalue weighted by atomic mass is 10.1. The summed E-state index contributed by atoms with van der Waals surface area (Å²) in [5.74, 6) is -0.239. The number of halogens is 1. The lowest BCUT2D eigenvalue weighted by molar-refractivity contribution is 0.238. The van der Waals surface area contributed by atoms with Gasteiger partial charge in [0.05, 0.1) is 12.2 Å². The average molecular weight is 304 g/mol. The normalized spacial score (nSPS) is 12.0. The predicted molar refractivity (Wildman–Crippen MR) is 83.0 cm³/mol. The first-order valence-corrected chi connectivity index (χ1v) is 7.23. The van der Waals surface area contributed by atoms with Gasteiger partial charge >= 0.3 is 6.03 Å². The van der Waals surface area contributed by atoms with Crippen molar-refractivity contribution in [3.63, 3.8) is 0 Å². The van der Waals surface area contributed by atoms with Crippen molar-refractivity contribution in [3.05, 3.63) is 53.1 Å². The number of nitrogens with one attached hydrogen (secondary N) is 2. The van der Waals surface area contributed by atoms with E-state index in [0.717, 1.165) is 16.7 Å². The summed E-state index contributed by atoms with van der Waals surface area (Å²) in [6, 6.07) is 4.35. The molecule has 0 aliphatic carbocycles. The molecule has 0 saturated heterocycles. The van der Waals surface area contributed by atoms with Gasteiger partial charge in [0.15, 0.2) is 0 Å². The maximum Gasteiger partial charge on any atom is 0.315 e. The second-order valence-electron chi connectivity index (χ2n) is 5.39. The van der Waals surface area contributed by atoms with Gasteiger partial charge in [-0.3, -0.25) is 4.68 Å². The number of nitrogens with zero attached hydrogens (tertiary/aromatic N) is 2. The van der Waals surface area contributed by atoms with Gasteiger partial charge in [0.2, 0.25) is 0 Å². The number of rotatable bonds is 5. The number of amides is 2. The minimum absolute atomic E-state index is 0.110. The molecule has 6 heteroatoms. The van der Waals surface area contributed by atoms with Crippen LogP contribution in [0.2, 0.25) is 0 Å². The lowest BCUT2D eigenvalue weighted by Crippen LogP contribution is -2.38. The molecular weight excluding hydrogens is 283 g/mol. The Hall–Kier alpha value is -2.37. The van der Waals surface area contributed by atoms with Gasteiger partial charge < -0.3 is 10.6 Å². The van der Waals surface area contributed by atoms with Gasteiger partial charge in [-0.25, -0.2) is 9.18 Å². The van der Waals surface area contributed by atoms with E-state index in [1.165, 1.54) is 12.1 Å². The molecule has 2 N–H and O–H groups in total. The third-order valence-electron chi connectivity index (χ3n) is 3.56. The highest BCUT2D eigenvalue weighted by Crippen LogP contribution is 2.11. The van der Waals surface area contributed by atoms with E-state index in [-0.39, 0.29) is 17.9 Å². The van der Waals surface area contributed by atoms with Crippen molar-refractivity contribution in [2.45, 2.75) is 26.3 Å². The molecule has 0 aliphatic rings. The van der Waals surface area contributed by atoms with E-state index in [9.17, 15) is 9.18 Å². The van der Waals surface area contributed by atoms with Gasteiger partial charge in [-0.2, -0.15) is 5.10 Å². The van der Waals surface area contributed by atoms with E-state index >= 15 is 0 Å². The fourth-order valence-electron chi connectivity index (χ4n) is 2.25. The molecule has 0 aliphatic heterocycles. The molecule has 2 amide bonds. The fraction of sp³-hybridized carbons (Fsp3) is 0.375. The smallest absolute Gasteiger partial charge is 0.315 e. The standard InChI is InChI=1S/C16H21FN4O/c1-11-8-15(17)5-4-13(11)6-7-18-16(22)20-12(2)14-9-19-21(3)10-14/h4-5,8-10,12H,6-7H2,1-3H3,(H2,18,20,22). The van der Waals surface area contributed by atoms with Crippen LogP contribution in [0.1, 0.15) is 29.7 Å². The molecule has 0 fully saturated rings. The van der Waals surface area contributed by atoms with Gasteiger partial charge in [-0.15, -0.1) is 0 Å². The van der Waals surface area contributed by atoms with Crippen molar-refractivity contribution in [3.8, 4) is 0 Å². The van der Waals surface area contributed by atoms with Gasteiger partial charge in [0, 0.05) is 25.4 Å². The second-order valence-corrected chi connectivity index (χ2v) is 5.39. The molecule has 22 heavy (non-hydrogen) atoms. The summed E-state index contributed by atoms with van der Waals surface area (Å²) >= 11 is 0. The Labute approximate surface area is 129 Å². The highest BCUT2D eigenvalue weighted by Gasteiger charge is 2.10. The topological polar surface area (TPSA) is 59.0 Å². The Morgan fingerprint density at radius 2 is 2.23 bits per heavy atom. The van der Waals surface area contributed by atoms with E-state index in [4.69, 9.17) is 0 Å². The Bertz CT molecular complexity index is 653. The molecule has 0 saturated carbocycles. The highest BCUT2D eigenvalue weighted by atomic mass is 19.1. The zero-order valence-corrected chi connectivity index (χ0v) is 13.1. The van der Waals surface area contributed by atoms with Gasteiger partial charge in [0.25, 0.3) is 0 Å². The molecule has 1 unspecified atom stereocenters. The Morgan fingerprint density at radius 1 is 1.45 bits per heavy atom. The molecular formula is C16H21FN4O. The summed E-state index contributed by atoms with van der Waals surface area (Å²) in [4.78, 5) is 11.9. The molecule has 2 aromatic rings. The van der Waals surface area contributed by atoms with E-state index in [2.05, 4.69) is 15.7 Å². The van der Waals surface area contributed by atoms with E-state index in [1.807, 2.05) is 27.1 Å². The number of aryl methyl sites for hydroxylation is 2. The summed E-state index contributed by atoms with van der Waals surface area (Å²) in [7, 11) is 1.83. The molecule has 118 valence electrons. The minimum atomic E-state index is -0.239. The number of urea groups is 1. The maximum absolute atomic E-state index is 13.0. The molecule has 1 aromatic heterocycles. The van der Waals surface area contributed by atoms with Crippen LogP contribution in [0.4, 0.5) is 9.18 Å². The van der Waals surface area contributed by atoms with Crippen LogP contribution < -0.4 is 10.6 Å². The van der Waals surface area contributed by atoms with Crippen molar-refractivity contribution in [1.29, 1.82) is 0 Å². The molecule has 5 nitrogen and oxygen atoms in total. The maximum atomic E-state index is 13.0. The van der Waals surface area contributed by atoms with Crippen LogP contribution in [0.25, 0.3) is 0 Å². The third-order valence-corrected chi connectivity index (χ3v) is 3.56. The summed E-state index contributed by atoms with van der Waals surface area (Å²) in [6.07, 6.45) is 4.26. The van der Waals surface area contributed by atoms with Crippen molar-refractivity contribution >= 4 is 6.03 Å². The van der Waals surface area contributed by atoms with Crippen LogP contribution in [-0.4, -0.2) is 22.4 Å². The van der Waals surface area contributed by atoms with Crippen LogP contribution >= 0.6 is 0 Å². The Balaban J connectivity index is 1.78. The number of carbonyl (C=O) groups is 1.